The van der Waals surface area contributed by atoms with Gasteiger partial charge in [0.2, 0.25) is 11.9 Å². The summed E-state index contributed by atoms with van der Waals surface area (Å²) in [4.78, 5) is 28.4. The Kier molecular flexibility index (Phi) is 7.49. The van der Waals surface area contributed by atoms with Crippen LogP contribution in [-0.4, -0.2) is 85.0 Å². The fourth-order valence-corrected chi connectivity index (χ4v) is 6.40. The van der Waals surface area contributed by atoms with E-state index in [-0.39, 0.29) is 22.6 Å². The molecule has 4 heterocycles. The van der Waals surface area contributed by atoms with Gasteiger partial charge >= 0.3 is 0 Å². The van der Waals surface area contributed by atoms with Gasteiger partial charge in [-0.1, -0.05) is 25.3 Å². The van der Waals surface area contributed by atoms with Crippen LogP contribution in [0.5, 0.6) is 11.5 Å². The zero-order valence-electron chi connectivity index (χ0n) is 23.9. The first kappa shape index (κ1) is 28.0. The molecule has 6 rings (SSSR count). The van der Waals surface area contributed by atoms with Crippen molar-refractivity contribution in [3.63, 3.8) is 0 Å². The first-order chi connectivity index (χ1) is 20.4. The molecule has 0 atom stereocenters. The molecule has 1 spiro atoms. The summed E-state index contributed by atoms with van der Waals surface area (Å²) in [7, 11) is 0. The molecular formula is C32H36FN5O4. The molecule has 1 aromatic heterocycles. The van der Waals surface area contributed by atoms with Crippen molar-refractivity contribution >= 4 is 34.7 Å². The number of amides is 1. The van der Waals surface area contributed by atoms with E-state index in [2.05, 4.69) is 23.0 Å². The van der Waals surface area contributed by atoms with Crippen LogP contribution in [0, 0.1) is 11.2 Å². The smallest absolute Gasteiger partial charge is 0.245 e. The van der Waals surface area contributed by atoms with E-state index in [1.54, 1.807) is 6.08 Å². The number of aromatic nitrogens is 2. The van der Waals surface area contributed by atoms with Crippen molar-refractivity contribution < 1.29 is 23.8 Å². The second-order valence-corrected chi connectivity index (χ2v) is 11.2. The van der Waals surface area contributed by atoms with Gasteiger partial charge in [0.1, 0.15) is 22.9 Å². The molecule has 9 nitrogen and oxygen atoms in total. The van der Waals surface area contributed by atoms with Gasteiger partial charge in [-0.3, -0.25) is 4.79 Å². The van der Waals surface area contributed by atoms with Gasteiger partial charge in [-0.2, -0.15) is 4.98 Å². The average molecular weight is 574 g/mol. The number of benzene rings is 2. The summed E-state index contributed by atoms with van der Waals surface area (Å²) < 4.78 is 27.1. The van der Waals surface area contributed by atoms with Crippen molar-refractivity contribution in [2.75, 3.05) is 68.9 Å². The lowest BCUT2D eigenvalue weighted by molar-refractivity contribution is -0.139. The van der Waals surface area contributed by atoms with Crippen molar-refractivity contribution in [3.8, 4) is 22.6 Å². The van der Waals surface area contributed by atoms with Crippen LogP contribution in [0.15, 0.2) is 43.5 Å². The minimum atomic E-state index is -0.563. The van der Waals surface area contributed by atoms with Crippen molar-refractivity contribution in [1.29, 1.82) is 0 Å². The van der Waals surface area contributed by atoms with Crippen LogP contribution in [0.3, 0.4) is 0 Å². The van der Waals surface area contributed by atoms with Crippen LogP contribution in [0.4, 0.5) is 16.2 Å². The van der Waals surface area contributed by atoms with Crippen molar-refractivity contribution in [3.05, 3.63) is 54.9 Å². The van der Waals surface area contributed by atoms with E-state index < -0.39 is 5.82 Å². The monoisotopic (exact) mass is 573 g/mol. The SMILES string of the molecule is C=CC(=O)N1CC2(CCN(c3nc(N4CCOCC4)nc4c(OCC)c(-c5c(O)cccc5F)c(C=C)cc34)CC2)C1. The van der Waals surface area contributed by atoms with Crippen LogP contribution in [-0.2, 0) is 9.53 Å². The normalized spacial score (nSPS) is 18.2. The van der Waals surface area contributed by atoms with Gasteiger partial charge in [-0.05, 0) is 49.6 Å². The number of hydrogen-bond donors (Lipinski definition) is 1. The number of halogens is 1. The number of hydrogen-bond acceptors (Lipinski definition) is 8. The Labute approximate surface area is 244 Å². The summed E-state index contributed by atoms with van der Waals surface area (Å²) in [5.41, 5.74) is 1.74. The van der Waals surface area contributed by atoms with Crippen molar-refractivity contribution in [2.24, 2.45) is 5.41 Å². The van der Waals surface area contributed by atoms with Gasteiger partial charge in [0.25, 0.3) is 0 Å². The molecule has 3 saturated heterocycles. The molecule has 3 fully saturated rings. The molecule has 0 unspecified atom stereocenters. The molecule has 0 bridgehead atoms. The Bertz CT molecular complexity index is 1520. The van der Waals surface area contributed by atoms with E-state index in [4.69, 9.17) is 19.4 Å². The molecule has 1 N–H and O–H groups in total. The predicted octanol–water partition coefficient (Wildman–Crippen LogP) is 4.63. The Balaban J connectivity index is 1.49. The van der Waals surface area contributed by atoms with E-state index in [9.17, 15) is 9.90 Å². The second-order valence-electron chi connectivity index (χ2n) is 11.2. The third kappa shape index (κ3) is 4.83. The molecular weight excluding hydrogens is 537 g/mol. The number of phenols is 1. The summed E-state index contributed by atoms with van der Waals surface area (Å²) in [6.07, 6.45) is 4.89. The van der Waals surface area contributed by atoms with E-state index in [1.165, 1.54) is 24.3 Å². The number of morpholine rings is 1. The van der Waals surface area contributed by atoms with E-state index in [1.807, 2.05) is 17.9 Å². The molecule has 2 aromatic carbocycles. The molecule has 220 valence electrons. The highest BCUT2D eigenvalue weighted by Crippen LogP contribution is 2.47. The number of phenolic OH excluding ortho intramolecular Hbond substituents is 1. The molecule has 10 heteroatoms. The average Bonchev–Trinajstić information content (AvgIpc) is 3.00. The van der Waals surface area contributed by atoms with E-state index in [0.717, 1.165) is 50.2 Å². The predicted molar refractivity (Wildman–Crippen MR) is 162 cm³/mol. The minimum Gasteiger partial charge on any atom is -0.507 e. The molecule has 3 aliphatic rings. The Hall–Kier alpha value is -4.18. The largest absolute Gasteiger partial charge is 0.507 e. The third-order valence-electron chi connectivity index (χ3n) is 8.65. The lowest BCUT2D eigenvalue weighted by Gasteiger charge is -2.54. The highest BCUT2D eigenvalue weighted by atomic mass is 19.1. The first-order valence-corrected chi connectivity index (χ1v) is 14.5. The van der Waals surface area contributed by atoms with Crippen LogP contribution in [0.25, 0.3) is 28.1 Å². The Morgan fingerprint density at radius 1 is 1.12 bits per heavy atom. The molecule has 42 heavy (non-hydrogen) atoms. The van der Waals surface area contributed by atoms with E-state index in [0.29, 0.717) is 61.3 Å². The van der Waals surface area contributed by atoms with Crippen LogP contribution in [0.2, 0.25) is 0 Å². The van der Waals surface area contributed by atoms with Gasteiger partial charge in [-0.15, -0.1) is 0 Å². The number of fused-ring (bicyclic) bond motifs is 1. The summed E-state index contributed by atoms with van der Waals surface area (Å²) in [5, 5.41) is 11.5. The number of aromatic hydroxyl groups is 1. The zero-order chi connectivity index (χ0) is 29.4. The minimum absolute atomic E-state index is 0.0166. The molecule has 1 amide bonds. The number of rotatable bonds is 7. The second kappa shape index (κ2) is 11.2. The van der Waals surface area contributed by atoms with Crippen LogP contribution < -0.4 is 14.5 Å². The highest BCUT2D eigenvalue weighted by Gasteiger charge is 2.46. The Morgan fingerprint density at radius 3 is 2.50 bits per heavy atom. The fourth-order valence-electron chi connectivity index (χ4n) is 6.40. The number of anilines is 2. The lowest BCUT2D eigenvalue weighted by atomic mass is 9.72. The van der Waals surface area contributed by atoms with Crippen molar-refractivity contribution in [2.45, 2.75) is 19.8 Å². The molecule has 3 aromatic rings. The van der Waals surface area contributed by atoms with Gasteiger partial charge in [0.15, 0.2) is 5.75 Å². The summed E-state index contributed by atoms with van der Waals surface area (Å²) >= 11 is 0. The first-order valence-electron chi connectivity index (χ1n) is 14.5. The maximum Gasteiger partial charge on any atom is 0.245 e. The van der Waals surface area contributed by atoms with Crippen LogP contribution in [0.1, 0.15) is 25.3 Å². The van der Waals surface area contributed by atoms with Gasteiger partial charge in [0.05, 0.1) is 25.4 Å². The quantitative estimate of drug-likeness (QED) is 0.409. The molecule has 0 saturated carbocycles. The van der Waals surface area contributed by atoms with Crippen LogP contribution >= 0.6 is 0 Å². The number of likely N-dealkylation sites (tertiary alicyclic amines) is 1. The number of ether oxygens (including phenoxy) is 2. The third-order valence-corrected chi connectivity index (χ3v) is 8.65. The zero-order valence-corrected chi connectivity index (χ0v) is 23.9. The Morgan fingerprint density at radius 2 is 1.86 bits per heavy atom. The lowest BCUT2D eigenvalue weighted by Crippen LogP contribution is -2.61. The molecule has 0 aliphatic carbocycles. The van der Waals surface area contributed by atoms with Gasteiger partial charge in [-0.25, -0.2) is 9.37 Å². The van der Waals surface area contributed by atoms with Gasteiger partial charge < -0.3 is 29.3 Å². The molecule has 3 aliphatic heterocycles. The summed E-state index contributed by atoms with van der Waals surface area (Å²) in [6.45, 7) is 15.3. The van der Waals surface area contributed by atoms with Crippen molar-refractivity contribution in [1.82, 2.24) is 14.9 Å². The summed E-state index contributed by atoms with van der Waals surface area (Å²) in [5.74, 6) is 0.956. The highest BCUT2D eigenvalue weighted by molar-refractivity contribution is 6.03. The fraction of sp³-hybridized carbons (Fsp3) is 0.406. The van der Waals surface area contributed by atoms with E-state index >= 15 is 4.39 Å². The topological polar surface area (TPSA) is 91.3 Å². The summed E-state index contributed by atoms with van der Waals surface area (Å²) in [6, 6.07) is 6.17. The number of nitrogens with zero attached hydrogens (tertiary/aromatic N) is 5. The molecule has 0 radical (unpaired) electrons. The maximum atomic E-state index is 15.3. The van der Waals surface area contributed by atoms with Gasteiger partial charge in [0, 0.05) is 55.6 Å². The number of carbonyl (C=O) groups excluding carboxylic acids is 1. The number of piperidine rings is 1. The standard InChI is InChI=1S/C32H36FN5O4/c1-4-21-18-22-28(29(42-6-3)26(21)27-23(33)8-7-9-24(27)39)34-31(37-14-16-41-17-15-37)35-30(22)36-12-10-32(11-13-36)19-38(20-32)25(40)5-2/h4-5,7-9,18,39H,1-2,6,10-17,19-20H2,3H3. The number of carbonyl (C=O) groups is 1. The maximum absolute atomic E-state index is 15.3.